The zero-order valence-electron chi connectivity index (χ0n) is 11.8. The van der Waals surface area contributed by atoms with Crippen LogP contribution in [0, 0.1) is 0 Å². The lowest BCUT2D eigenvalue weighted by molar-refractivity contribution is -0.146. The molecule has 1 aromatic heterocycles. The summed E-state index contributed by atoms with van der Waals surface area (Å²) in [5.74, 6) is 0.0260. The number of ether oxygens (including phenoxy) is 1. The van der Waals surface area contributed by atoms with Gasteiger partial charge in [0.25, 0.3) is 0 Å². The second-order valence-corrected chi connectivity index (χ2v) is 5.51. The number of pyridine rings is 1. The lowest BCUT2D eigenvalue weighted by Gasteiger charge is -2.41. The van der Waals surface area contributed by atoms with E-state index in [2.05, 4.69) is 10.3 Å². The number of aryl methyl sites for hydroxylation is 1. The van der Waals surface area contributed by atoms with E-state index in [4.69, 9.17) is 4.74 Å². The summed E-state index contributed by atoms with van der Waals surface area (Å²) in [5, 5.41) is 2.91. The first-order chi connectivity index (χ1) is 10.2. The molecule has 0 radical (unpaired) electrons. The van der Waals surface area contributed by atoms with E-state index in [1.54, 1.807) is 12.4 Å². The molecule has 0 aliphatic carbocycles. The molecule has 0 unspecified atom stereocenters. The Labute approximate surface area is 123 Å². The van der Waals surface area contributed by atoms with Crippen LogP contribution < -0.4 is 5.32 Å². The fraction of sp³-hybridized carbons (Fsp3) is 0.533. The maximum atomic E-state index is 12.3. The molecule has 6 nitrogen and oxygen atoms in total. The predicted octanol–water partition coefficient (Wildman–Crippen LogP) is 0.130. The number of fused-ring (bicyclic) bond motifs is 1. The standard InChI is InChI=1S/C15H19N3O3/c19-14-10-21-13-5-7-18(9-12(13)17-14)15(20)4-3-11-2-1-6-16-8-11/h1-2,6,8,12-13H,3-5,7,9-10H2,(H,17,19)/t12-,13+/m0/s1. The Morgan fingerprint density at radius 2 is 2.43 bits per heavy atom. The fourth-order valence-corrected chi connectivity index (χ4v) is 2.88. The van der Waals surface area contributed by atoms with Crippen molar-refractivity contribution in [1.29, 1.82) is 0 Å². The van der Waals surface area contributed by atoms with E-state index in [-0.39, 0.29) is 30.6 Å². The molecular formula is C15H19N3O3. The topological polar surface area (TPSA) is 71.5 Å². The van der Waals surface area contributed by atoms with Gasteiger partial charge in [-0.15, -0.1) is 0 Å². The molecule has 0 spiro atoms. The van der Waals surface area contributed by atoms with Crippen molar-refractivity contribution in [2.24, 2.45) is 0 Å². The minimum absolute atomic E-state index is 0.0464. The monoisotopic (exact) mass is 289 g/mol. The van der Waals surface area contributed by atoms with Gasteiger partial charge in [-0.3, -0.25) is 14.6 Å². The number of nitrogens with one attached hydrogen (secondary N) is 1. The smallest absolute Gasteiger partial charge is 0.246 e. The number of hydrogen-bond donors (Lipinski definition) is 1. The SMILES string of the molecule is O=C1CO[C@@H]2CCN(C(=O)CCc3cccnc3)C[C@@H]2N1. The summed E-state index contributed by atoms with van der Waals surface area (Å²) in [4.78, 5) is 29.5. The minimum Gasteiger partial charge on any atom is -0.366 e. The number of amides is 2. The summed E-state index contributed by atoms with van der Waals surface area (Å²) in [7, 11) is 0. The second-order valence-electron chi connectivity index (χ2n) is 5.51. The first-order valence-corrected chi connectivity index (χ1v) is 7.30. The van der Waals surface area contributed by atoms with Crippen LogP contribution in [-0.2, 0) is 20.7 Å². The highest BCUT2D eigenvalue weighted by molar-refractivity contribution is 5.79. The van der Waals surface area contributed by atoms with E-state index in [1.807, 2.05) is 17.0 Å². The molecule has 21 heavy (non-hydrogen) atoms. The van der Waals surface area contributed by atoms with Crippen LogP contribution in [0.1, 0.15) is 18.4 Å². The average molecular weight is 289 g/mol. The maximum Gasteiger partial charge on any atom is 0.246 e. The second kappa shape index (κ2) is 6.22. The van der Waals surface area contributed by atoms with Gasteiger partial charge in [0.1, 0.15) is 6.61 Å². The molecule has 2 amide bonds. The fourth-order valence-electron chi connectivity index (χ4n) is 2.88. The number of morpholine rings is 1. The molecular weight excluding hydrogens is 270 g/mol. The quantitative estimate of drug-likeness (QED) is 0.858. The highest BCUT2D eigenvalue weighted by atomic mass is 16.5. The predicted molar refractivity (Wildman–Crippen MR) is 75.4 cm³/mol. The maximum absolute atomic E-state index is 12.3. The van der Waals surface area contributed by atoms with Crippen molar-refractivity contribution in [2.45, 2.75) is 31.4 Å². The van der Waals surface area contributed by atoms with Crippen LogP contribution in [0.4, 0.5) is 0 Å². The number of rotatable bonds is 3. The molecule has 0 saturated carbocycles. The Bertz CT molecular complexity index is 520. The third-order valence-corrected chi connectivity index (χ3v) is 4.03. The van der Waals surface area contributed by atoms with Gasteiger partial charge in [0.15, 0.2) is 0 Å². The number of nitrogens with zero attached hydrogens (tertiary/aromatic N) is 2. The third kappa shape index (κ3) is 3.39. The normalized spacial score (nSPS) is 25.1. The van der Waals surface area contributed by atoms with Gasteiger partial charge in [-0.1, -0.05) is 6.07 Å². The van der Waals surface area contributed by atoms with Gasteiger partial charge in [-0.25, -0.2) is 0 Å². The summed E-state index contributed by atoms with van der Waals surface area (Å²) >= 11 is 0. The summed E-state index contributed by atoms with van der Waals surface area (Å²) in [6.45, 7) is 1.38. The molecule has 0 aromatic carbocycles. The van der Waals surface area contributed by atoms with Gasteiger partial charge >= 0.3 is 0 Å². The van der Waals surface area contributed by atoms with Crippen LogP contribution in [0.5, 0.6) is 0 Å². The Hall–Kier alpha value is -1.95. The third-order valence-electron chi connectivity index (χ3n) is 4.03. The minimum atomic E-state index is -0.0964. The van der Waals surface area contributed by atoms with E-state index >= 15 is 0 Å². The van der Waals surface area contributed by atoms with Crippen LogP contribution >= 0.6 is 0 Å². The number of hydrogen-bond acceptors (Lipinski definition) is 4. The number of likely N-dealkylation sites (tertiary alicyclic amines) is 1. The van der Waals surface area contributed by atoms with Crippen molar-refractivity contribution < 1.29 is 14.3 Å². The lowest BCUT2D eigenvalue weighted by atomic mass is 10.00. The molecule has 3 rings (SSSR count). The van der Waals surface area contributed by atoms with Gasteiger partial charge in [-0.2, -0.15) is 0 Å². The van der Waals surface area contributed by atoms with Crippen LogP contribution in [0.3, 0.4) is 0 Å². The number of carbonyl (C=O) groups excluding carboxylic acids is 2. The molecule has 2 aliphatic heterocycles. The number of carbonyl (C=O) groups is 2. The van der Waals surface area contributed by atoms with Crippen molar-refractivity contribution in [1.82, 2.24) is 15.2 Å². The Kier molecular flexibility index (Phi) is 4.15. The van der Waals surface area contributed by atoms with Crippen LogP contribution in [0.15, 0.2) is 24.5 Å². The Morgan fingerprint density at radius 1 is 1.52 bits per heavy atom. The van der Waals surface area contributed by atoms with Crippen molar-refractivity contribution >= 4 is 11.8 Å². The molecule has 2 fully saturated rings. The van der Waals surface area contributed by atoms with Crippen molar-refractivity contribution in [2.75, 3.05) is 19.7 Å². The molecule has 1 N–H and O–H groups in total. The molecule has 1 aromatic rings. The summed E-state index contributed by atoms with van der Waals surface area (Å²) in [5.41, 5.74) is 1.06. The first-order valence-electron chi connectivity index (χ1n) is 7.30. The lowest BCUT2D eigenvalue weighted by Crippen LogP contribution is -2.61. The van der Waals surface area contributed by atoms with Crippen molar-refractivity contribution in [3.05, 3.63) is 30.1 Å². The Balaban J connectivity index is 1.52. The molecule has 3 heterocycles. The summed E-state index contributed by atoms with van der Waals surface area (Å²) in [6.07, 6.45) is 5.50. The van der Waals surface area contributed by atoms with E-state index in [9.17, 15) is 9.59 Å². The van der Waals surface area contributed by atoms with Crippen molar-refractivity contribution in [3.8, 4) is 0 Å². The van der Waals surface area contributed by atoms with E-state index in [0.29, 0.717) is 25.9 Å². The van der Waals surface area contributed by atoms with E-state index in [0.717, 1.165) is 12.0 Å². The van der Waals surface area contributed by atoms with Crippen LogP contribution in [0.2, 0.25) is 0 Å². The molecule has 6 heteroatoms. The average Bonchev–Trinajstić information content (AvgIpc) is 2.53. The molecule has 2 saturated heterocycles. The van der Waals surface area contributed by atoms with Gasteiger partial charge in [0, 0.05) is 31.9 Å². The van der Waals surface area contributed by atoms with Gasteiger partial charge in [0.05, 0.1) is 12.1 Å². The molecule has 2 atom stereocenters. The highest BCUT2D eigenvalue weighted by Gasteiger charge is 2.35. The van der Waals surface area contributed by atoms with Gasteiger partial charge in [0.2, 0.25) is 11.8 Å². The molecule has 2 aliphatic rings. The molecule has 112 valence electrons. The molecule has 0 bridgehead atoms. The number of piperidine rings is 1. The van der Waals surface area contributed by atoms with Crippen molar-refractivity contribution in [3.63, 3.8) is 0 Å². The van der Waals surface area contributed by atoms with Gasteiger partial charge in [-0.05, 0) is 24.5 Å². The van der Waals surface area contributed by atoms with Gasteiger partial charge < -0.3 is 15.0 Å². The van der Waals surface area contributed by atoms with E-state index in [1.165, 1.54) is 0 Å². The zero-order chi connectivity index (χ0) is 14.7. The highest BCUT2D eigenvalue weighted by Crippen LogP contribution is 2.18. The summed E-state index contributed by atoms with van der Waals surface area (Å²) < 4.78 is 5.49. The summed E-state index contributed by atoms with van der Waals surface area (Å²) in [6, 6.07) is 3.78. The first kappa shape index (κ1) is 14.0. The largest absolute Gasteiger partial charge is 0.366 e. The van der Waals surface area contributed by atoms with E-state index < -0.39 is 0 Å². The zero-order valence-corrected chi connectivity index (χ0v) is 11.8. The Morgan fingerprint density at radius 3 is 3.24 bits per heavy atom. The number of aromatic nitrogens is 1. The van der Waals surface area contributed by atoms with Crippen LogP contribution in [0.25, 0.3) is 0 Å². The van der Waals surface area contributed by atoms with Crippen LogP contribution in [-0.4, -0.2) is 53.5 Å².